The van der Waals surface area contributed by atoms with Crippen molar-refractivity contribution in [1.29, 1.82) is 0 Å². The minimum atomic E-state index is -0.851. The zero-order valence-electron chi connectivity index (χ0n) is 8.27. The maximum Gasteiger partial charge on any atom is 0.328 e. The van der Waals surface area contributed by atoms with Crippen LogP contribution in [0.3, 0.4) is 0 Å². The van der Waals surface area contributed by atoms with Crippen molar-refractivity contribution in [3.63, 3.8) is 0 Å². The molecule has 76 valence electrons. The highest BCUT2D eigenvalue weighted by atomic mass is 32.2. The largest absolute Gasteiger partial charge is 0.480 e. The Kier molecular flexibility index (Phi) is 6.24. The van der Waals surface area contributed by atoms with Crippen LogP contribution in [0, 0.1) is 5.92 Å². The molecule has 1 N–H and O–H groups in total. The van der Waals surface area contributed by atoms with Gasteiger partial charge in [-0.05, 0) is 18.4 Å². The molecule has 0 saturated carbocycles. The molecule has 0 aliphatic heterocycles. The Morgan fingerprint density at radius 3 is 2.00 bits per heavy atom. The van der Waals surface area contributed by atoms with E-state index < -0.39 is 12.0 Å². The van der Waals surface area contributed by atoms with Crippen LogP contribution in [-0.4, -0.2) is 34.0 Å². The van der Waals surface area contributed by atoms with Gasteiger partial charge >= 0.3 is 5.97 Å². The number of thioether (sulfide) groups is 2. The molecule has 0 aliphatic carbocycles. The zero-order valence-corrected chi connectivity index (χ0v) is 9.91. The molecule has 13 heavy (non-hydrogen) atoms. The maximum absolute atomic E-state index is 10.8. The van der Waals surface area contributed by atoms with E-state index in [4.69, 9.17) is 5.11 Å². The van der Waals surface area contributed by atoms with Crippen molar-refractivity contribution in [3.8, 4) is 0 Å². The van der Waals surface area contributed by atoms with Gasteiger partial charge < -0.3 is 5.11 Å². The molecule has 0 aromatic heterocycles. The summed E-state index contributed by atoms with van der Waals surface area (Å²) in [6, 6.07) is -0.616. The fourth-order valence-corrected chi connectivity index (χ4v) is 1.90. The van der Waals surface area contributed by atoms with Crippen molar-refractivity contribution < 1.29 is 9.90 Å². The lowest BCUT2D eigenvalue weighted by molar-refractivity contribution is -0.139. The minimum Gasteiger partial charge on any atom is -0.480 e. The van der Waals surface area contributed by atoms with Crippen molar-refractivity contribution in [2.24, 2.45) is 10.9 Å². The standard InChI is InChI=1S/C8H15NO2S2/c1-5(2)6(7(10)11)9-8(12-3)13-4/h5-6H,1-4H3,(H,10,11)/t6-/m0/s1. The molecule has 0 spiro atoms. The minimum absolute atomic E-state index is 0.0341. The third-order valence-electron chi connectivity index (χ3n) is 1.48. The van der Waals surface area contributed by atoms with Crippen molar-refractivity contribution in [3.05, 3.63) is 0 Å². The van der Waals surface area contributed by atoms with Crippen LogP contribution in [-0.2, 0) is 4.79 Å². The highest BCUT2D eigenvalue weighted by Crippen LogP contribution is 2.16. The zero-order chi connectivity index (χ0) is 10.4. The topological polar surface area (TPSA) is 49.7 Å². The fourth-order valence-electron chi connectivity index (χ4n) is 0.792. The molecule has 0 fully saturated rings. The van der Waals surface area contributed by atoms with Crippen molar-refractivity contribution in [2.75, 3.05) is 12.5 Å². The second kappa shape index (κ2) is 6.32. The van der Waals surface area contributed by atoms with Crippen LogP contribution in [0.15, 0.2) is 4.99 Å². The Morgan fingerprint density at radius 2 is 1.77 bits per heavy atom. The molecule has 3 nitrogen and oxygen atoms in total. The van der Waals surface area contributed by atoms with E-state index in [1.54, 1.807) is 0 Å². The summed E-state index contributed by atoms with van der Waals surface area (Å²) in [4.78, 5) is 14.9. The van der Waals surface area contributed by atoms with Crippen molar-refractivity contribution in [2.45, 2.75) is 19.9 Å². The normalized spacial score (nSPS) is 12.7. The number of hydrogen-bond donors (Lipinski definition) is 1. The Hall–Kier alpha value is -0.160. The lowest BCUT2D eigenvalue weighted by Gasteiger charge is -2.12. The van der Waals surface area contributed by atoms with Gasteiger partial charge in [0.15, 0.2) is 6.04 Å². The number of carbonyl (C=O) groups is 1. The first-order valence-corrected chi connectivity index (χ1v) is 6.36. The average Bonchev–Trinajstić information content (AvgIpc) is 2.05. The summed E-state index contributed by atoms with van der Waals surface area (Å²) in [5.74, 6) is -0.817. The summed E-state index contributed by atoms with van der Waals surface area (Å²) in [6.45, 7) is 3.72. The fraction of sp³-hybridized carbons (Fsp3) is 0.750. The Balaban J connectivity index is 4.56. The van der Waals surface area contributed by atoms with Gasteiger partial charge in [0.25, 0.3) is 0 Å². The quantitative estimate of drug-likeness (QED) is 0.586. The summed E-state index contributed by atoms with van der Waals surface area (Å²) in [6.07, 6.45) is 3.79. The first-order valence-electron chi connectivity index (χ1n) is 3.91. The van der Waals surface area contributed by atoms with E-state index in [0.29, 0.717) is 0 Å². The van der Waals surface area contributed by atoms with Gasteiger partial charge in [0.2, 0.25) is 0 Å². The molecule has 0 bridgehead atoms. The van der Waals surface area contributed by atoms with Gasteiger partial charge in [-0.25, -0.2) is 4.79 Å². The van der Waals surface area contributed by atoms with Crippen LogP contribution in [0.2, 0.25) is 0 Å². The third kappa shape index (κ3) is 4.57. The van der Waals surface area contributed by atoms with E-state index in [1.807, 2.05) is 26.4 Å². The van der Waals surface area contributed by atoms with Crippen LogP contribution >= 0.6 is 23.5 Å². The van der Waals surface area contributed by atoms with E-state index >= 15 is 0 Å². The van der Waals surface area contributed by atoms with E-state index in [1.165, 1.54) is 23.5 Å². The highest BCUT2D eigenvalue weighted by Gasteiger charge is 2.20. The molecular formula is C8H15NO2S2. The van der Waals surface area contributed by atoms with Gasteiger partial charge in [0, 0.05) is 0 Å². The molecule has 0 rings (SSSR count). The van der Waals surface area contributed by atoms with E-state index in [2.05, 4.69) is 4.99 Å². The first kappa shape index (κ1) is 12.8. The number of carboxylic acid groups (broad SMARTS) is 1. The number of aliphatic imine (C=N–C) groups is 1. The van der Waals surface area contributed by atoms with Gasteiger partial charge in [-0.3, -0.25) is 4.99 Å². The van der Waals surface area contributed by atoms with E-state index in [9.17, 15) is 4.79 Å². The van der Waals surface area contributed by atoms with Gasteiger partial charge in [0.1, 0.15) is 4.38 Å². The molecule has 0 radical (unpaired) electrons. The maximum atomic E-state index is 10.8. The van der Waals surface area contributed by atoms with Crippen LogP contribution in [0.25, 0.3) is 0 Å². The Morgan fingerprint density at radius 1 is 1.31 bits per heavy atom. The molecule has 0 unspecified atom stereocenters. The monoisotopic (exact) mass is 221 g/mol. The van der Waals surface area contributed by atoms with Crippen molar-refractivity contribution >= 4 is 33.9 Å². The summed E-state index contributed by atoms with van der Waals surface area (Å²) in [7, 11) is 0. The van der Waals surface area contributed by atoms with Crippen LogP contribution in [0.1, 0.15) is 13.8 Å². The third-order valence-corrected chi connectivity index (χ3v) is 3.39. The van der Waals surface area contributed by atoms with E-state index in [-0.39, 0.29) is 5.92 Å². The number of hydrogen-bond acceptors (Lipinski definition) is 4. The first-order chi connectivity index (χ1) is 6.02. The van der Waals surface area contributed by atoms with Gasteiger partial charge in [-0.1, -0.05) is 13.8 Å². The second-order valence-electron chi connectivity index (χ2n) is 2.83. The molecule has 5 heteroatoms. The summed E-state index contributed by atoms with van der Waals surface area (Å²) in [5, 5.41) is 8.86. The van der Waals surface area contributed by atoms with Gasteiger partial charge in [0.05, 0.1) is 0 Å². The molecule has 0 amide bonds. The van der Waals surface area contributed by atoms with Crippen LogP contribution in [0.4, 0.5) is 0 Å². The lowest BCUT2D eigenvalue weighted by atomic mass is 10.1. The number of rotatable bonds is 3. The molecule has 0 aliphatic rings. The van der Waals surface area contributed by atoms with Crippen LogP contribution in [0.5, 0.6) is 0 Å². The molecule has 0 saturated heterocycles. The summed E-state index contributed by atoms with van der Waals surface area (Å²) < 4.78 is 0.820. The SMILES string of the molecule is CSC(=N[C@H](C(=O)O)C(C)C)SC. The van der Waals surface area contributed by atoms with Crippen molar-refractivity contribution in [1.82, 2.24) is 0 Å². The Bertz CT molecular complexity index is 198. The molecular weight excluding hydrogens is 206 g/mol. The number of aliphatic carboxylic acids is 1. The van der Waals surface area contributed by atoms with E-state index in [0.717, 1.165) is 4.38 Å². The number of nitrogens with zero attached hydrogens (tertiary/aromatic N) is 1. The molecule has 0 aromatic rings. The molecule has 0 heterocycles. The summed E-state index contributed by atoms with van der Waals surface area (Å²) in [5.41, 5.74) is 0. The predicted molar refractivity (Wildman–Crippen MR) is 60.7 cm³/mol. The predicted octanol–water partition coefficient (Wildman–Crippen LogP) is 2.18. The molecule has 1 atom stereocenters. The average molecular weight is 221 g/mol. The smallest absolute Gasteiger partial charge is 0.328 e. The number of carboxylic acids is 1. The van der Waals surface area contributed by atoms with Gasteiger partial charge in [-0.15, -0.1) is 23.5 Å². The highest BCUT2D eigenvalue weighted by molar-refractivity contribution is 8.38. The van der Waals surface area contributed by atoms with Crippen LogP contribution < -0.4 is 0 Å². The lowest BCUT2D eigenvalue weighted by Crippen LogP contribution is -2.24. The summed E-state index contributed by atoms with van der Waals surface area (Å²) >= 11 is 2.97. The van der Waals surface area contributed by atoms with Gasteiger partial charge in [-0.2, -0.15) is 0 Å². The second-order valence-corrected chi connectivity index (χ2v) is 4.68. The Labute approximate surface area is 87.4 Å². The molecule has 0 aromatic carbocycles.